The largest absolute Gasteiger partial charge is 0.297 e. The van der Waals surface area contributed by atoms with Crippen LogP contribution in [0.5, 0.6) is 0 Å². The van der Waals surface area contributed by atoms with Crippen molar-refractivity contribution in [3.8, 4) is 6.07 Å². The Morgan fingerprint density at radius 1 is 1.53 bits per heavy atom. The maximum absolute atomic E-state index is 12.3. The van der Waals surface area contributed by atoms with Gasteiger partial charge in [0.05, 0.1) is 6.07 Å². The van der Waals surface area contributed by atoms with E-state index in [4.69, 9.17) is 11.6 Å². The minimum absolute atomic E-state index is 0.0511. The maximum atomic E-state index is 12.3. The lowest BCUT2D eigenvalue weighted by molar-refractivity contribution is -0.127. The summed E-state index contributed by atoms with van der Waals surface area (Å²) < 4.78 is 0. The lowest BCUT2D eigenvalue weighted by Gasteiger charge is -2.23. The molecule has 17 heavy (non-hydrogen) atoms. The van der Waals surface area contributed by atoms with Crippen molar-refractivity contribution in [2.45, 2.75) is 33.1 Å². The molecule has 1 rings (SSSR count). The number of hydrogen-bond acceptors (Lipinski definition) is 2. The summed E-state index contributed by atoms with van der Waals surface area (Å²) in [5, 5.41) is 9.73. The number of carbonyl (C=O) groups excluding carboxylic acids is 1. The second-order valence-corrected chi connectivity index (χ2v) is 5.16. The Kier molecular flexibility index (Phi) is 4.31. The number of nitrogens with zero attached hydrogens (tertiary/aromatic N) is 1. The summed E-state index contributed by atoms with van der Waals surface area (Å²) in [4.78, 5) is 12.3. The highest BCUT2D eigenvalue weighted by Crippen LogP contribution is 2.31. The molecule has 0 N–H and O–H groups in total. The molecular weight excluding hydrogens is 234 g/mol. The summed E-state index contributed by atoms with van der Waals surface area (Å²) >= 11 is 5.88. The molecule has 0 bridgehead atoms. The highest BCUT2D eigenvalue weighted by molar-refractivity contribution is 6.30. The molecule has 1 unspecified atom stereocenters. The molecule has 0 aliphatic heterocycles. The van der Waals surface area contributed by atoms with Crippen molar-refractivity contribution in [3.63, 3.8) is 0 Å². The lowest BCUT2D eigenvalue weighted by Crippen LogP contribution is -2.28. The van der Waals surface area contributed by atoms with Crippen LogP contribution in [-0.4, -0.2) is 5.78 Å². The predicted octanol–water partition coefficient (Wildman–Crippen LogP) is 3.95. The minimum Gasteiger partial charge on any atom is -0.297 e. The molecule has 1 atom stereocenters. The van der Waals surface area contributed by atoms with Gasteiger partial charge in [0.1, 0.15) is 5.92 Å². The first-order valence-electron chi connectivity index (χ1n) is 5.61. The van der Waals surface area contributed by atoms with Crippen molar-refractivity contribution in [3.05, 3.63) is 34.9 Å². The second kappa shape index (κ2) is 5.33. The van der Waals surface area contributed by atoms with Crippen LogP contribution in [0.25, 0.3) is 0 Å². The van der Waals surface area contributed by atoms with Gasteiger partial charge in [0.15, 0.2) is 5.78 Å². The molecule has 1 aromatic rings. The van der Waals surface area contributed by atoms with Crippen LogP contribution in [0.1, 0.15) is 38.7 Å². The number of hydrogen-bond donors (Lipinski definition) is 0. The highest BCUT2D eigenvalue weighted by atomic mass is 35.5. The van der Waals surface area contributed by atoms with Crippen molar-refractivity contribution in [2.24, 2.45) is 5.41 Å². The summed E-state index contributed by atoms with van der Waals surface area (Å²) in [6.45, 7) is 5.68. The third-order valence-electron chi connectivity index (χ3n) is 3.12. The number of halogens is 1. The van der Waals surface area contributed by atoms with E-state index < -0.39 is 11.3 Å². The van der Waals surface area contributed by atoms with E-state index in [0.29, 0.717) is 17.0 Å². The van der Waals surface area contributed by atoms with E-state index in [-0.39, 0.29) is 5.78 Å². The smallest absolute Gasteiger partial charge is 0.160 e. The Morgan fingerprint density at radius 2 is 2.18 bits per heavy atom. The molecule has 90 valence electrons. The van der Waals surface area contributed by atoms with Crippen LogP contribution in [-0.2, 0) is 4.79 Å². The van der Waals surface area contributed by atoms with Crippen molar-refractivity contribution in [2.75, 3.05) is 0 Å². The lowest BCUT2D eigenvalue weighted by atomic mass is 9.77. The van der Waals surface area contributed by atoms with Gasteiger partial charge in [-0.2, -0.15) is 5.26 Å². The normalized spacial score (nSPS) is 12.9. The van der Waals surface area contributed by atoms with Crippen molar-refractivity contribution < 1.29 is 4.79 Å². The van der Waals surface area contributed by atoms with Crippen LogP contribution in [0, 0.1) is 16.7 Å². The molecule has 0 radical (unpaired) electrons. The monoisotopic (exact) mass is 249 g/mol. The van der Waals surface area contributed by atoms with Crippen LogP contribution in [0.15, 0.2) is 24.3 Å². The fraction of sp³-hybridized carbons (Fsp3) is 0.429. The van der Waals surface area contributed by atoms with Gasteiger partial charge in [-0.3, -0.25) is 4.79 Å². The number of rotatable bonds is 4. The fourth-order valence-electron chi connectivity index (χ4n) is 1.54. The van der Waals surface area contributed by atoms with Crippen LogP contribution in [0.2, 0.25) is 5.02 Å². The standard InChI is InChI=1S/C14H16ClNO/c1-4-14(2,3)13(17)12(9-16)10-6-5-7-11(15)8-10/h5-8,12H,4H2,1-3H3. The fourth-order valence-corrected chi connectivity index (χ4v) is 1.73. The molecule has 0 aliphatic carbocycles. The van der Waals surface area contributed by atoms with Crippen molar-refractivity contribution in [1.29, 1.82) is 5.26 Å². The van der Waals surface area contributed by atoms with E-state index in [1.807, 2.05) is 20.8 Å². The summed E-state index contributed by atoms with van der Waals surface area (Å²) in [5.74, 6) is -0.784. The van der Waals surface area contributed by atoms with Gasteiger partial charge in [-0.1, -0.05) is 44.5 Å². The molecule has 3 heteroatoms. The van der Waals surface area contributed by atoms with Gasteiger partial charge in [0, 0.05) is 10.4 Å². The molecular formula is C14H16ClNO. The molecule has 0 fully saturated rings. The second-order valence-electron chi connectivity index (χ2n) is 4.72. The summed E-state index contributed by atoms with van der Waals surface area (Å²) in [7, 11) is 0. The molecule has 1 aromatic carbocycles. The number of Topliss-reactive ketones (excluding diaryl/α,β-unsaturated/α-hetero) is 1. The topological polar surface area (TPSA) is 40.9 Å². The summed E-state index contributed by atoms with van der Waals surface area (Å²) in [6, 6.07) is 9.01. The predicted molar refractivity (Wildman–Crippen MR) is 68.9 cm³/mol. The van der Waals surface area contributed by atoms with Gasteiger partial charge in [-0.25, -0.2) is 0 Å². The number of nitriles is 1. The van der Waals surface area contributed by atoms with E-state index >= 15 is 0 Å². The SMILES string of the molecule is CCC(C)(C)C(=O)C(C#N)c1cccc(Cl)c1. The quantitative estimate of drug-likeness (QED) is 0.811. The van der Waals surface area contributed by atoms with E-state index in [1.165, 1.54) is 0 Å². The first-order valence-corrected chi connectivity index (χ1v) is 5.99. The molecule has 0 aromatic heterocycles. The Bertz CT molecular complexity index is 460. The number of benzene rings is 1. The van der Waals surface area contributed by atoms with E-state index in [2.05, 4.69) is 6.07 Å². The average molecular weight is 250 g/mol. The van der Waals surface area contributed by atoms with Gasteiger partial charge < -0.3 is 0 Å². The third kappa shape index (κ3) is 3.08. The van der Waals surface area contributed by atoms with Gasteiger partial charge >= 0.3 is 0 Å². The molecule has 0 amide bonds. The van der Waals surface area contributed by atoms with Gasteiger partial charge in [-0.15, -0.1) is 0 Å². The van der Waals surface area contributed by atoms with Crippen LogP contribution in [0.3, 0.4) is 0 Å². The molecule has 0 heterocycles. The third-order valence-corrected chi connectivity index (χ3v) is 3.36. The van der Waals surface area contributed by atoms with Crippen LogP contribution >= 0.6 is 11.6 Å². The Hall–Kier alpha value is -1.33. The van der Waals surface area contributed by atoms with Crippen LogP contribution in [0.4, 0.5) is 0 Å². The van der Waals surface area contributed by atoms with Crippen LogP contribution < -0.4 is 0 Å². The maximum Gasteiger partial charge on any atom is 0.160 e. The Balaban J connectivity index is 3.10. The average Bonchev–Trinajstić information content (AvgIpc) is 2.30. The molecule has 0 saturated carbocycles. The number of carbonyl (C=O) groups is 1. The minimum atomic E-state index is -0.733. The first kappa shape index (κ1) is 13.7. The zero-order chi connectivity index (χ0) is 13.1. The molecule has 0 spiro atoms. The van der Waals surface area contributed by atoms with Gasteiger partial charge in [-0.05, 0) is 24.1 Å². The zero-order valence-corrected chi connectivity index (χ0v) is 11.1. The zero-order valence-electron chi connectivity index (χ0n) is 10.3. The first-order chi connectivity index (χ1) is 7.92. The molecule has 0 saturated heterocycles. The van der Waals surface area contributed by atoms with E-state index in [9.17, 15) is 10.1 Å². The molecule has 0 aliphatic rings. The Labute approximate surface area is 107 Å². The van der Waals surface area contributed by atoms with Gasteiger partial charge in [0.2, 0.25) is 0 Å². The summed E-state index contributed by atoms with van der Waals surface area (Å²) in [6.07, 6.45) is 0.713. The Morgan fingerprint density at radius 3 is 2.65 bits per heavy atom. The van der Waals surface area contributed by atoms with E-state index in [0.717, 1.165) is 0 Å². The van der Waals surface area contributed by atoms with Gasteiger partial charge in [0.25, 0.3) is 0 Å². The van der Waals surface area contributed by atoms with Crippen molar-refractivity contribution in [1.82, 2.24) is 0 Å². The summed E-state index contributed by atoms with van der Waals surface area (Å²) in [5.41, 5.74) is 0.189. The number of ketones is 1. The molecule has 2 nitrogen and oxygen atoms in total. The van der Waals surface area contributed by atoms with E-state index in [1.54, 1.807) is 24.3 Å². The van der Waals surface area contributed by atoms with Crippen molar-refractivity contribution >= 4 is 17.4 Å². The highest BCUT2D eigenvalue weighted by Gasteiger charge is 2.33.